The third kappa shape index (κ3) is 4.14. The number of aryl methyl sites for hydroxylation is 3. The van der Waals surface area contributed by atoms with Gasteiger partial charge in [-0.05, 0) is 55.7 Å². The molecular weight excluding hydrogens is 400 g/mol. The summed E-state index contributed by atoms with van der Waals surface area (Å²) in [5, 5.41) is 3.26. The van der Waals surface area contributed by atoms with Gasteiger partial charge in [0.1, 0.15) is 11.4 Å². The van der Waals surface area contributed by atoms with Crippen molar-refractivity contribution in [2.75, 3.05) is 12.4 Å². The molecule has 1 N–H and O–H groups in total. The van der Waals surface area contributed by atoms with E-state index in [0.717, 1.165) is 39.3 Å². The number of rotatable bonds is 6. The molecule has 4 rings (SSSR count). The van der Waals surface area contributed by atoms with Crippen molar-refractivity contribution >= 4 is 23.1 Å². The number of anilines is 1. The van der Waals surface area contributed by atoms with E-state index >= 15 is 0 Å². The van der Waals surface area contributed by atoms with E-state index in [9.17, 15) is 9.59 Å². The van der Waals surface area contributed by atoms with Crippen molar-refractivity contribution in [2.45, 2.75) is 27.3 Å². The molecule has 1 aliphatic heterocycles. The van der Waals surface area contributed by atoms with E-state index in [2.05, 4.69) is 5.32 Å². The fourth-order valence-electron chi connectivity index (χ4n) is 3.83. The highest BCUT2D eigenvalue weighted by Gasteiger charge is 2.39. The number of methoxy groups -OCH3 is 1. The topological polar surface area (TPSA) is 58.6 Å². The molecule has 0 saturated carbocycles. The van der Waals surface area contributed by atoms with Crippen LogP contribution in [0, 0.1) is 20.8 Å². The number of amides is 2. The maximum absolute atomic E-state index is 13.5. The van der Waals surface area contributed by atoms with E-state index in [1.807, 2.05) is 87.5 Å². The van der Waals surface area contributed by atoms with Gasteiger partial charge in [0.05, 0.1) is 19.2 Å². The number of ether oxygens (including phenoxy) is 1. The fourth-order valence-corrected chi connectivity index (χ4v) is 3.83. The zero-order valence-corrected chi connectivity index (χ0v) is 18.7. The van der Waals surface area contributed by atoms with Crippen LogP contribution in [0.25, 0.3) is 5.57 Å². The Morgan fingerprint density at radius 2 is 1.47 bits per heavy atom. The Bertz CT molecular complexity index is 1210. The lowest BCUT2D eigenvalue weighted by Crippen LogP contribution is -2.32. The summed E-state index contributed by atoms with van der Waals surface area (Å²) < 4.78 is 5.20. The third-order valence-corrected chi connectivity index (χ3v) is 5.65. The molecule has 3 aromatic rings. The van der Waals surface area contributed by atoms with E-state index in [0.29, 0.717) is 11.3 Å². The molecule has 2 amide bonds. The first kappa shape index (κ1) is 21.4. The average molecular weight is 427 g/mol. The van der Waals surface area contributed by atoms with E-state index in [-0.39, 0.29) is 18.4 Å². The molecule has 0 aromatic heterocycles. The second-order valence-electron chi connectivity index (χ2n) is 8.10. The lowest BCUT2D eigenvalue weighted by molar-refractivity contribution is -0.137. The van der Waals surface area contributed by atoms with Gasteiger partial charge in [-0.2, -0.15) is 0 Å². The van der Waals surface area contributed by atoms with Crippen LogP contribution in [0.15, 0.2) is 72.4 Å². The Labute approximate surface area is 188 Å². The maximum atomic E-state index is 13.5. The average Bonchev–Trinajstić information content (AvgIpc) is 3.01. The summed E-state index contributed by atoms with van der Waals surface area (Å²) in [6.45, 7) is 6.19. The molecule has 0 fully saturated rings. The molecule has 0 spiro atoms. The minimum Gasteiger partial charge on any atom is -0.497 e. The van der Waals surface area contributed by atoms with Gasteiger partial charge in [0.25, 0.3) is 11.8 Å². The van der Waals surface area contributed by atoms with E-state index < -0.39 is 0 Å². The largest absolute Gasteiger partial charge is 0.497 e. The Morgan fingerprint density at radius 1 is 0.812 bits per heavy atom. The van der Waals surface area contributed by atoms with Crippen LogP contribution in [0.1, 0.15) is 27.8 Å². The van der Waals surface area contributed by atoms with Gasteiger partial charge in [-0.15, -0.1) is 0 Å². The number of imide groups is 1. The van der Waals surface area contributed by atoms with Crippen molar-refractivity contribution in [1.29, 1.82) is 0 Å². The highest BCUT2D eigenvalue weighted by Crippen LogP contribution is 2.32. The summed E-state index contributed by atoms with van der Waals surface area (Å²) >= 11 is 0. The Morgan fingerprint density at radius 3 is 2.09 bits per heavy atom. The van der Waals surface area contributed by atoms with Crippen LogP contribution in [-0.4, -0.2) is 23.8 Å². The molecule has 32 heavy (non-hydrogen) atoms. The Kier molecular flexibility index (Phi) is 5.82. The van der Waals surface area contributed by atoms with Gasteiger partial charge in [0.15, 0.2) is 0 Å². The van der Waals surface area contributed by atoms with Crippen molar-refractivity contribution in [3.05, 3.63) is 100 Å². The van der Waals surface area contributed by atoms with Crippen LogP contribution in [0.2, 0.25) is 0 Å². The molecule has 0 radical (unpaired) electrons. The standard InChI is InChI=1S/C27H26N2O3/c1-17-5-10-21(11-6-17)24-25(28-23-14-7-18(2)15-19(23)3)27(31)29(26(24)30)16-20-8-12-22(32-4)13-9-20/h5-15,28H,16H2,1-4H3. The molecule has 0 atom stereocenters. The molecule has 5 nitrogen and oxygen atoms in total. The summed E-state index contributed by atoms with van der Waals surface area (Å²) in [6.07, 6.45) is 0. The minimum absolute atomic E-state index is 0.190. The first-order valence-corrected chi connectivity index (χ1v) is 10.5. The molecule has 0 saturated heterocycles. The Balaban J connectivity index is 1.72. The van der Waals surface area contributed by atoms with E-state index in [1.54, 1.807) is 7.11 Å². The fraction of sp³-hybridized carbons (Fsp3) is 0.185. The highest BCUT2D eigenvalue weighted by atomic mass is 16.5. The highest BCUT2D eigenvalue weighted by molar-refractivity contribution is 6.36. The molecule has 0 bridgehead atoms. The quantitative estimate of drug-likeness (QED) is 0.563. The minimum atomic E-state index is -0.332. The molecule has 1 aliphatic rings. The summed E-state index contributed by atoms with van der Waals surface area (Å²) in [6, 6.07) is 21.0. The van der Waals surface area contributed by atoms with Gasteiger partial charge < -0.3 is 10.1 Å². The van der Waals surface area contributed by atoms with E-state index in [1.165, 1.54) is 4.90 Å². The number of carbonyl (C=O) groups excluding carboxylic acids is 2. The third-order valence-electron chi connectivity index (χ3n) is 5.65. The number of benzene rings is 3. The zero-order chi connectivity index (χ0) is 22.8. The SMILES string of the molecule is COc1ccc(CN2C(=O)C(Nc3ccc(C)cc3C)=C(c3ccc(C)cc3)C2=O)cc1. The summed E-state index contributed by atoms with van der Waals surface area (Å²) in [7, 11) is 1.60. The summed E-state index contributed by atoms with van der Waals surface area (Å²) in [5.41, 5.74) is 6.31. The van der Waals surface area contributed by atoms with Crippen LogP contribution in [0.3, 0.4) is 0 Å². The van der Waals surface area contributed by atoms with Gasteiger partial charge in [0, 0.05) is 5.69 Å². The van der Waals surface area contributed by atoms with Gasteiger partial charge in [-0.25, -0.2) is 0 Å². The second kappa shape index (κ2) is 8.71. The second-order valence-corrected chi connectivity index (χ2v) is 8.10. The van der Waals surface area contributed by atoms with Crippen LogP contribution in [0.5, 0.6) is 5.75 Å². The molecule has 5 heteroatoms. The number of carbonyl (C=O) groups is 2. The van der Waals surface area contributed by atoms with Gasteiger partial charge >= 0.3 is 0 Å². The molecule has 162 valence electrons. The predicted octanol–water partition coefficient (Wildman–Crippen LogP) is 5.01. The molecule has 0 aliphatic carbocycles. The molecular formula is C27H26N2O3. The van der Waals surface area contributed by atoms with Crippen molar-refractivity contribution in [3.8, 4) is 5.75 Å². The first-order valence-electron chi connectivity index (χ1n) is 10.5. The number of nitrogens with one attached hydrogen (secondary N) is 1. The lowest BCUT2D eigenvalue weighted by atomic mass is 10.0. The maximum Gasteiger partial charge on any atom is 0.278 e. The first-order chi connectivity index (χ1) is 15.4. The lowest BCUT2D eigenvalue weighted by Gasteiger charge is -2.16. The van der Waals surface area contributed by atoms with Crippen molar-refractivity contribution in [2.24, 2.45) is 0 Å². The van der Waals surface area contributed by atoms with Gasteiger partial charge in [-0.1, -0.05) is 59.7 Å². The number of hydrogen-bond acceptors (Lipinski definition) is 4. The Hall–Kier alpha value is -3.86. The molecule has 3 aromatic carbocycles. The molecule has 1 heterocycles. The van der Waals surface area contributed by atoms with Gasteiger partial charge in [0.2, 0.25) is 0 Å². The smallest absolute Gasteiger partial charge is 0.278 e. The van der Waals surface area contributed by atoms with Crippen molar-refractivity contribution in [1.82, 2.24) is 4.90 Å². The normalized spacial score (nSPS) is 13.7. The number of hydrogen-bond donors (Lipinski definition) is 1. The predicted molar refractivity (Wildman–Crippen MR) is 126 cm³/mol. The van der Waals surface area contributed by atoms with Crippen LogP contribution in [0.4, 0.5) is 5.69 Å². The van der Waals surface area contributed by atoms with Crippen molar-refractivity contribution in [3.63, 3.8) is 0 Å². The zero-order valence-electron chi connectivity index (χ0n) is 18.7. The van der Waals surface area contributed by atoms with Crippen molar-refractivity contribution < 1.29 is 14.3 Å². The monoisotopic (exact) mass is 426 g/mol. The van der Waals surface area contributed by atoms with Crippen LogP contribution in [-0.2, 0) is 16.1 Å². The molecule has 0 unspecified atom stereocenters. The van der Waals surface area contributed by atoms with Crippen LogP contribution >= 0.6 is 0 Å². The number of nitrogens with zero attached hydrogens (tertiary/aromatic N) is 1. The van der Waals surface area contributed by atoms with E-state index in [4.69, 9.17) is 4.74 Å². The van der Waals surface area contributed by atoms with Crippen LogP contribution < -0.4 is 10.1 Å². The summed E-state index contributed by atoms with van der Waals surface area (Å²) in [4.78, 5) is 28.2. The summed E-state index contributed by atoms with van der Waals surface area (Å²) in [5.74, 6) is 0.0896. The van der Waals surface area contributed by atoms with Gasteiger partial charge in [-0.3, -0.25) is 14.5 Å².